The van der Waals surface area contributed by atoms with Crippen molar-refractivity contribution in [2.75, 3.05) is 40.9 Å². The van der Waals surface area contributed by atoms with Gasteiger partial charge in [-0.25, -0.2) is 0 Å². The topological polar surface area (TPSA) is 108 Å². The summed E-state index contributed by atoms with van der Waals surface area (Å²) in [7, 11) is 1.31. The summed E-state index contributed by atoms with van der Waals surface area (Å²) >= 11 is 0. The maximum absolute atomic E-state index is 13.1. The van der Waals surface area contributed by atoms with Crippen LogP contribution in [0.15, 0.2) is 72.9 Å². The molecular weight excluding hydrogens is 1020 g/mol. The molecule has 0 aliphatic heterocycles. The number of quaternary nitrogens is 1. The molecule has 0 aliphatic carbocycles. The summed E-state index contributed by atoms with van der Waals surface area (Å²) in [6.45, 7) is 4.65. The zero-order valence-electron chi connectivity index (χ0n) is 54.2. The van der Waals surface area contributed by atoms with E-state index in [1.807, 2.05) is 21.1 Å². The SMILES string of the molecule is CC/C=C\C/C=C\C/C=C\C/C=C\C/C=C\C/C=C\CCCCCCCCCCCCCCCCC(=O)NC(COP(=O)([O-])OCC[N+](C)(C)C)C(O)CCCCCCCCCCCCCCCCCCCCCCCCCCCC. The van der Waals surface area contributed by atoms with Gasteiger partial charge in [-0.15, -0.1) is 0 Å². The quantitative estimate of drug-likeness (QED) is 0.0272. The maximum atomic E-state index is 13.1. The molecule has 0 saturated carbocycles. The van der Waals surface area contributed by atoms with Gasteiger partial charge in [0.05, 0.1) is 39.9 Å². The molecule has 1 amide bonds. The van der Waals surface area contributed by atoms with E-state index in [2.05, 4.69) is 92.1 Å². The number of aliphatic hydroxyl groups is 1. The minimum absolute atomic E-state index is 0.0111. The van der Waals surface area contributed by atoms with Crippen LogP contribution in [0.25, 0.3) is 0 Å². The monoisotopic (exact) mass is 1160 g/mol. The number of phosphoric acid groups is 1. The highest BCUT2D eigenvalue weighted by atomic mass is 31.2. The molecular formula is C72H135N2O6P. The highest BCUT2D eigenvalue weighted by Gasteiger charge is 2.24. The molecule has 0 spiro atoms. The molecule has 0 saturated heterocycles. The van der Waals surface area contributed by atoms with E-state index >= 15 is 0 Å². The van der Waals surface area contributed by atoms with Crippen molar-refractivity contribution in [1.82, 2.24) is 5.32 Å². The zero-order valence-corrected chi connectivity index (χ0v) is 55.1. The van der Waals surface area contributed by atoms with E-state index < -0.39 is 20.0 Å². The van der Waals surface area contributed by atoms with Crippen LogP contribution in [0, 0.1) is 0 Å². The second kappa shape index (κ2) is 62.5. The normalized spacial score (nSPS) is 14.1. The van der Waals surface area contributed by atoms with Crippen molar-refractivity contribution in [2.24, 2.45) is 0 Å². The van der Waals surface area contributed by atoms with Crippen LogP contribution >= 0.6 is 7.82 Å². The molecule has 0 aromatic rings. The molecule has 3 unspecified atom stereocenters. The molecule has 9 heteroatoms. The van der Waals surface area contributed by atoms with E-state index in [9.17, 15) is 19.4 Å². The Balaban J connectivity index is 4.05. The predicted octanol–water partition coefficient (Wildman–Crippen LogP) is 21.5. The second-order valence-electron chi connectivity index (χ2n) is 24.9. The number of allylic oxidation sites excluding steroid dienone is 12. The van der Waals surface area contributed by atoms with Crippen LogP contribution in [-0.2, 0) is 18.4 Å². The van der Waals surface area contributed by atoms with Gasteiger partial charge in [-0.1, -0.05) is 331 Å². The zero-order chi connectivity index (χ0) is 59.1. The first-order valence-corrected chi connectivity index (χ1v) is 36.2. The third-order valence-corrected chi connectivity index (χ3v) is 16.7. The van der Waals surface area contributed by atoms with Gasteiger partial charge in [0.15, 0.2) is 0 Å². The number of carbonyl (C=O) groups is 1. The fraction of sp³-hybridized carbons (Fsp3) is 0.819. The summed E-state index contributed by atoms with van der Waals surface area (Å²) in [4.78, 5) is 25.7. The Hall–Kier alpha value is -2.06. The summed E-state index contributed by atoms with van der Waals surface area (Å²) in [5, 5.41) is 14.1. The molecule has 0 aliphatic rings. The molecule has 0 heterocycles. The van der Waals surface area contributed by atoms with Crippen molar-refractivity contribution < 1.29 is 32.9 Å². The number of unbranched alkanes of at least 4 members (excludes halogenated alkanes) is 39. The number of nitrogens with one attached hydrogen (secondary N) is 1. The third-order valence-electron chi connectivity index (χ3n) is 15.7. The maximum Gasteiger partial charge on any atom is 0.268 e. The summed E-state index contributed by atoms with van der Waals surface area (Å²) in [5.41, 5.74) is 0. The standard InChI is InChI=1S/C72H135N2O6P/c1-6-8-10-12-14-16-18-20-22-24-26-28-30-32-34-35-36-37-38-39-40-42-44-46-48-50-52-54-56-58-60-62-64-66-72(76)73-70(69-80-81(77,78)79-68-67-74(3,4)5)71(75)65-63-61-59-57-55-53-51-49-47-45-43-41-33-31-29-27-25-23-21-19-17-15-13-11-9-7-2/h8,10,14,16,20,22,26,28,32,34,36-37,70-71,75H,6-7,9,11-13,15,17-19,21,23-25,27,29-31,33,35,38-69H2,1-5H3,(H-,73,76,77,78)/b10-8-,16-14-,22-20-,28-26-,34-32-,37-36-. The van der Waals surface area contributed by atoms with Crippen LogP contribution in [0.5, 0.6) is 0 Å². The Kier molecular flexibility index (Phi) is 60.9. The first-order chi connectivity index (χ1) is 39.5. The van der Waals surface area contributed by atoms with E-state index in [4.69, 9.17) is 9.05 Å². The van der Waals surface area contributed by atoms with Gasteiger partial charge in [0.2, 0.25) is 5.91 Å². The van der Waals surface area contributed by atoms with E-state index in [1.165, 1.54) is 225 Å². The minimum atomic E-state index is -4.58. The molecule has 3 atom stereocenters. The first kappa shape index (κ1) is 78.9. The second-order valence-corrected chi connectivity index (χ2v) is 26.3. The summed E-state index contributed by atoms with van der Waals surface area (Å²) in [5.74, 6) is -0.163. The van der Waals surface area contributed by atoms with Crippen LogP contribution in [-0.4, -0.2) is 68.5 Å². The number of carbonyl (C=O) groups excluding carboxylic acids is 1. The van der Waals surface area contributed by atoms with E-state index in [0.717, 1.165) is 77.0 Å². The van der Waals surface area contributed by atoms with Crippen LogP contribution in [0.4, 0.5) is 0 Å². The lowest BCUT2D eigenvalue weighted by atomic mass is 10.0. The van der Waals surface area contributed by atoms with Gasteiger partial charge in [-0.3, -0.25) is 9.36 Å². The number of rotatable bonds is 64. The van der Waals surface area contributed by atoms with Crippen LogP contribution in [0.3, 0.4) is 0 Å². The van der Waals surface area contributed by atoms with Gasteiger partial charge >= 0.3 is 0 Å². The summed E-state index contributed by atoms with van der Waals surface area (Å²) in [6, 6.07) is -0.806. The molecule has 0 aromatic carbocycles. The van der Waals surface area contributed by atoms with Gasteiger partial charge in [0.25, 0.3) is 7.82 Å². The lowest BCUT2D eigenvalue weighted by Crippen LogP contribution is -2.46. The minimum Gasteiger partial charge on any atom is -0.756 e. The van der Waals surface area contributed by atoms with Crippen molar-refractivity contribution in [3.8, 4) is 0 Å². The fourth-order valence-electron chi connectivity index (χ4n) is 10.3. The molecule has 0 bridgehead atoms. The number of hydrogen-bond acceptors (Lipinski definition) is 6. The smallest absolute Gasteiger partial charge is 0.268 e. The summed E-state index contributed by atoms with van der Waals surface area (Å²) < 4.78 is 23.5. The predicted molar refractivity (Wildman–Crippen MR) is 353 cm³/mol. The molecule has 474 valence electrons. The van der Waals surface area contributed by atoms with Gasteiger partial charge in [-0.05, 0) is 64.2 Å². The third kappa shape index (κ3) is 65.3. The molecule has 0 aromatic heterocycles. The number of nitrogens with zero attached hydrogens (tertiary/aromatic N) is 1. The number of aliphatic hydroxyl groups excluding tert-OH is 1. The number of likely N-dealkylation sites (N-methyl/N-ethyl adjacent to an activating group) is 1. The fourth-order valence-corrected chi connectivity index (χ4v) is 11.1. The number of amides is 1. The molecule has 0 rings (SSSR count). The lowest BCUT2D eigenvalue weighted by Gasteiger charge is -2.30. The molecule has 0 radical (unpaired) electrons. The van der Waals surface area contributed by atoms with Crippen molar-refractivity contribution in [3.63, 3.8) is 0 Å². The molecule has 8 nitrogen and oxygen atoms in total. The number of phosphoric ester groups is 1. The molecule has 81 heavy (non-hydrogen) atoms. The van der Waals surface area contributed by atoms with Crippen LogP contribution < -0.4 is 10.2 Å². The Morgan fingerprint density at radius 2 is 0.753 bits per heavy atom. The Morgan fingerprint density at radius 1 is 0.444 bits per heavy atom. The van der Waals surface area contributed by atoms with Crippen molar-refractivity contribution in [2.45, 2.75) is 341 Å². The van der Waals surface area contributed by atoms with E-state index in [1.54, 1.807) is 0 Å². The van der Waals surface area contributed by atoms with Gasteiger partial charge in [0, 0.05) is 6.42 Å². The highest BCUT2D eigenvalue weighted by Crippen LogP contribution is 2.38. The van der Waals surface area contributed by atoms with Crippen LogP contribution in [0.2, 0.25) is 0 Å². The van der Waals surface area contributed by atoms with E-state index in [0.29, 0.717) is 23.9 Å². The number of hydrogen-bond donors (Lipinski definition) is 2. The van der Waals surface area contributed by atoms with Crippen LogP contribution in [0.1, 0.15) is 328 Å². The molecule has 0 fully saturated rings. The largest absolute Gasteiger partial charge is 0.756 e. The summed E-state index contributed by atoms with van der Waals surface area (Å²) in [6.07, 6.45) is 86.8. The van der Waals surface area contributed by atoms with E-state index in [-0.39, 0.29) is 19.1 Å². The Morgan fingerprint density at radius 3 is 1.10 bits per heavy atom. The molecule has 2 N–H and O–H groups in total. The highest BCUT2D eigenvalue weighted by molar-refractivity contribution is 7.45. The average molecular weight is 1160 g/mol. The van der Waals surface area contributed by atoms with Crippen molar-refractivity contribution in [1.29, 1.82) is 0 Å². The average Bonchev–Trinajstić information content (AvgIpc) is 3.43. The van der Waals surface area contributed by atoms with Gasteiger partial charge in [-0.2, -0.15) is 0 Å². The van der Waals surface area contributed by atoms with Gasteiger partial charge in [0.1, 0.15) is 13.2 Å². The Bertz CT molecular complexity index is 1550. The lowest BCUT2D eigenvalue weighted by molar-refractivity contribution is -0.870. The van der Waals surface area contributed by atoms with Crippen molar-refractivity contribution >= 4 is 13.7 Å². The Labute approximate surface area is 504 Å². The first-order valence-electron chi connectivity index (χ1n) is 34.8. The van der Waals surface area contributed by atoms with Crippen molar-refractivity contribution in [3.05, 3.63) is 72.9 Å². The van der Waals surface area contributed by atoms with Gasteiger partial charge < -0.3 is 28.8 Å².